The molecule has 0 aromatic heterocycles. The molecule has 0 bridgehead atoms. The zero-order valence-electron chi connectivity index (χ0n) is 20.1. The van der Waals surface area contributed by atoms with Gasteiger partial charge in [0, 0.05) is 60.8 Å². The Morgan fingerprint density at radius 3 is 1.23 bits per heavy atom. The van der Waals surface area contributed by atoms with Crippen molar-refractivity contribution in [1.82, 2.24) is 9.80 Å². The first-order chi connectivity index (χ1) is 14.0. The lowest BCUT2D eigenvalue weighted by atomic mass is 10.1. The van der Waals surface area contributed by atoms with Crippen molar-refractivity contribution in [2.45, 2.75) is 79.6 Å². The van der Waals surface area contributed by atoms with Crippen LogP contribution in [0.5, 0.6) is 11.5 Å². The zero-order chi connectivity index (χ0) is 22.8. The Hall–Kier alpha value is -1.92. The largest absolute Gasteiger partial charge is 0.507 e. The van der Waals surface area contributed by atoms with Crippen molar-refractivity contribution >= 4 is 12.4 Å². The minimum absolute atomic E-state index is 0.0913. The summed E-state index contributed by atoms with van der Waals surface area (Å²) < 4.78 is 0. The standard InChI is InChI=1S/C24H42N4O2/c1-17(2)27(18(3)4)11-9-25-15-21-13-24(30)22(14-23(21)29)16-26-10-12-28(19(5)6)20(7)8/h13-20,29-30H,9-12H2,1-8H3. The minimum atomic E-state index is 0.0913. The molecule has 0 saturated carbocycles. The number of hydrogen-bond donors (Lipinski definition) is 2. The van der Waals surface area contributed by atoms with E-state index in [9.17, 15) is 10.2 Å². The van der Waals surface area contributed by atoms with Crippen molar-refractivity contribution in [2.75, 3.05) is 26.2 Å². The first-order valence-corrected chi connectivity index (χ1v) is 11.1. The Kier molecular flexibility index (Phi) is 11.1. The van der Waals surface area contributed by atoms with Crippen LogP contribution in [0.4, 0.5) is 0 Å². The second-order valence-electron chi connectivity index (χ2n) is 8.89. The molecule has 0 aliphatic heterocycles. The van der Waals surface area contributed by atoms with E-state index in [2.05, 4.69) is 75.2 Å². The lowest BCUT2D eigenvalue weighted by Crippen LogP contribution is -2.38. The van der Waals surface area contributed by atoms with Crippen molar-refractivity contribution in [2.24, 2.45) is 9.98 Å². The maximum Gasteiger partial charge on any atom is 0.125 e. The second kappa shape index (κ2) is 12.7. The molecule has 0 unspecified atom stereocenters. The van der Waals surface area contributed by atoms with E-state index in [1.165, 1.54) is 12.1 Å². The fraction of sp³-hybridized carbons (Fsp3) is 0.667. The molecule has 0 spiro atoms. The van der Waals surface area contributed by atoms with Gasteiger partial charge >= 0.3 is 0 Å². The Balaban J connectivity index is 2.71. The lowest BCUT2D eigenvalue weighted by Gasteiger charge is -2.29. The second-order valence-corrected chi connectivity index (χ2v) is 8.89. The van der Waals surface area contributed by atoms with Crippen LogP contribution in [0.3, 0.4) is 0 Å². The van der Waals surface area contributed by atoms with Crippen LogP contribution in [0.25, 0.3) is 0 Å². The first kappa shape index (κ1) is 26.1. The molecule has 6 heteroatoms. The van der Waals surface area contributed by atoms with Crippen molar-refractivity contribution in [3.63, 3.8) is 0 Å². The molecule has 1 aromatic rings. The van der Waals surface area contributed by atoms with Crippen LogP contribution in [-0.4, -0.2) is 82.8 Å². The van der Waals surface area contributed by atoms with Gasteiger partial charge in [0.2, 0.25) is 0 Å². The van der Waals surface area contributed by atoms with Crippen LogP contribution in [0.2, 0.25) is 0 Å². The number of phenolic OH excluding ortho intramolecular Hbond substituents is 2. The topological polar surface area (TPSA) is 71.7 Å². The summed E-state index contributed by atoms with van der Waals surface area (Å²) in [4.78, 5) is 13.6. The molecule has 0 heterocycles. The predicted octanol–water partition coefficient (Wildman–Crippen LogP) is 4.17. The van der Waals surface area contributed by atoms with E-state index in [-0.39, 0.29) is 11.5 Å². The van der Waals surface area contributed by atoms with E-state index in [0.717, 1.165) is 13.1 Å². The summed E-state index contributed by atoms with van der Waals surface area (Å²) in [5.74, 6) is 0.183. The molecule has 0 aliphatic rings. The summed E-state index contributed by atoms with van der Waals surface area (Å²) in [6.07, 6.45) is 3.25. The van der Waals surface area contributed by atoms with Gasteiger partial charge in [-0.05, 0) is 67.5 Å². The van der Waals surface area contributed by atoms with E-state index >= 15 is 0 Å². The molecule has 6 nitrogen and oxygen atoms in total. The third-order valence-corrected chi connectivity index (χ3v) is 5.26. The van der Waals surface area contributed by atoms with Gasteiger partial charge in [0.1, 0.15) is 11.5 Å². The van der Waals surface area contributed by atoms with Crippen molar-refractivity contribution in [3.8, 4) is 11.5 Å². The third kappa shape index (κ3) is 8.44. The average molecular weight is 419 g/mol. The minimum Gasteiger partial charge on any atom is -0.507 e. The Bertz CT molecular complexity index is 621. The van der Waals surface area contributed by atoms with Gasteiger partial charge in [-0.15, -0.1) is 0 Å². The molecule has 170 valence electrons. The number of benzene rings is 1. The molecule has 30 heavy (non-hydrogen) atoms. The maximum absolute atomic E-state index is 10.3. The summed E-state index contributed by atoms with van der Waals surface area (Å²) in [5, 5.41) is 20.6. The van der Waals surface area contributed by atoms with Crippen LogP contribution in [0.15, 0.2) is 22.1 Å². The molecule has 0 aliphatic carbocycles. The highest BCUT2D eigenvalue weighted by molar-refractivity contribution is 5.90. The van der Waals surface area contributed by atoms with E-state index in [1.54, 1.807) is 12.4 Å². The monoisotopic (exact) mass is 418 g/mol. The molecular weight excluding hydrogens is 376 g/mol. The number of aliphatic imine (C=N–C) groups is 2. The van der Waals surface area contributed by atoms with Gasteiger partial charge in [0.25, 0.3) is 0 Å². The smallest absolute Gasteiger partial charge is 0.125 e. The summed E-state index contributed by atoms with van der Waals surface area (Å²) >= 11 is 0. The summed E-state index contributed by atoms with van der Waals surface area (Å²) in [6, 6.07) is 4.93. The van der Waals surface area contributed by atoms with E-state index in [1.807, 2.05) is 0 Å². The molecule has 0 saturated heterocycles. The molecule has 0 amide bonds. The van der Waals surface area contributed by atoms with Gasteiger partial charge in [0.15, 0.2) is 0 Å². The molecule has 1 aromatic carbocycles. The van der Waals surface area contributed by atoms with Gasteiger partial charge in [-0.3, -0.25) is 19.8 Å². The summed E-state index contributed by atoms with van der Waals surface area (Å²) in [5.41, 5.74) is 1.02. The predicted molar refractivity (Wildman–Crippen MR) is 129 cm³/mol. The SMILES string of the molecule is CC(C)N(CCN=Cc1cc(O)c(C=NCCN(C(C)C)C(C)C)cc1O)C(C)C. The van der Waals surface area contributed by atoms with E-state index in [4.69, 9.17) is 0 Å². The quantitative estimate of drug-likeness (QED) is 0.395. The van der Waals surface area contributed by atoms with E-state index in [0.29, 0.717) is 48.4 Å². The zero-order valence-corrected chi connectivity index (χ0v) is 20.1. The first-order valence-electron chi connectivity index (χ1n) is 11.1. The van der Waals surface area contributed by atoms with Gasteiger partial charge in [-0.25, -0.2) is 0 Å². The van der Waals surface area contributed by atoms with Crippen LogP contribution in [0.1, 0.15) is 66.5 Å². The van der Waals surface area contributed by atoms with Crippen molar-refractivity contribution < 1.29 is 10.2 Å². The summed E-state index contributed by atoms with van der Waals surface area (Å²) in [7, 11) is 0. The van der Waals surface area contributed by atoms with Crippen LogP contribution >= 0.6 is 0 Å². The molecule has 0 radical (unpaired) electrons. The van der Waals surface area contributed by atoms with Crippen molar-refractivity contribution in [3.05, 3.63) is 23.3 Å². The molecule has 2 N–H and O–H groups in total. The van der Waals surface area contributed by atoms with Gasteiger partial charge in [0.05, 0.1) is 13.1 Å². The van der Waals surface area contributed by atoms with Crippen LogP contribution < -0.4 is 0 Å². The highest BCUT2D eigenvalue weighted by Gasteiger charge is 2.13. The van der Waals surface area contributed by atoms with Gasteiger partial charge < -0.3 is 10.2 Å². The van der Waals surface area contributed by atoms with Crippen LogP contribution in [0, 0.1) is 0 Å². The fourth-order valence-electron chi connectivity index (χ4n) is 3.71. The normalized spacial score (nSPS) is 13.0. The Morgan fingerprint density at radius 2 is 0.967 bits per heavy atom. The highest BCUT2D eigenvalue weighted by atomic mass is 16.3. The Morgan fingerprint density at radius 1 is 0.667 bits per heavy atom. The number of hydrogen-bond acceptors (Lipinski definition) is 6. The molecule has 0 fully saturated rings. The fourth-order valence-corrected chi connectivity index (χ4v) is 3.71. The van der Waals surface area contributed by atoms with Crippen molar-refractivity contribution in [1.29, 1.82) is 0 Å². The number of phenols is 2. The molecule has 1 rings (SSSR count). The van der Waals surface area contributed by atoms with Gasteiger partial charge in [-0.2, -0.15) is 0 Å². The number of rotatable bonds is 12. The summed E-state index contributed by atoms with van der Waals surface area (Å²) in [6.45, 7) is 20.4. The number of nitrogens with zero attached hydrogens (tertiary/aromatic N) is 4. The molecule has 0 atom stereocenters. The third-order valence-electron chi connectivity index (χ3n) is 5.26. The lowest BCUT2D eigenvalue weighted by molar-refractivity contribution is 0.181. The maximum atomic E-state index is 10.3. The highest BCUT2D eigenvalue weighted by Crippen LogP contribution is 2.25. The van der Waals surface area contributed by atoms with Gasteiger partial charge in [-0.1, -0.05) is 0 Å². The number of aromatic hydroxyl groups is 2. The molecular formula is C24H42N4O2. The van der Waals surface area contributed by atoms with E-state index < -0.39 is 0 Å². The average Bonchev–Trinajstić information content (AvgIpc) is 2.63. The Labute approximate surface area is 183 Å². The van der Waals surface area contributed by atoms with Crippen LogP contribution in [-0.2, 0) is 0 Å².